The summed E-state index contributed by atoms with van der Waals surface area (Å²) in [6.45, 7) is 0.195. The van der Waals surface area contributed by atoms with Crippen molar-refractivity contribution in [1.82, 2.24) is 9.88 Å². The highest BCUT2D eigenvalue weighted by Gasteiger charge is 2.34. The molecule has 1 N–H and O–H groups in total. The number of amides is 1. The number of carbonyl (C=O) groups excluding carboxylic acids is 1. The molecule has 1 heterocycles. The molecular weight excluding hydrogens is 440 g/mol. The van der Waals surface area contributed by atoms with E-state index in [1.165, 1.54) is 11.1 Å². The number of aliphatic carboxylic acids is 1. The molecule has 1 aliphatic carbocycles. The molecule has 0 fully saturated rings. The monoisotopic (exact) mass is 464 g/mol. The minimum absolute atomic E-state index is 0.0867. The van der Waals surface area contributed by atoms with E-state index in [1.807, 2.05) is 66.7 Å². The topological polar surface area (TPSA) is 79.7 Å². The lowest BCUT2D eigenvalue weighted by molar-refractivity contribution is -0.143. The Bertz CT molecular complexity index is 1300. The van der Waals surface area contributed by atoms with Gasteiger partial charge in [-0.2, -0.15) is 0 Å². The number of hydrogen-bond donors (Lipinski definition) is 1. The summed E-state index contributed by atoms with van der Waals surface area (Å²) in [7, 11) is 0. The first-order valence-corrected chi connectivity index (χ1v) is 11.4. The lowest BCUT2D eigenvalue weighted by Gasteiger charge is -2.29. The van der Waals surface area contributed by atoms with Crippen molar-refractivity contribution < 1.29 is 19.4 Å². The van der Waals surface area contributed by atoms with Crippen molar-refractivity contribution in [2.75, 3.05) is 6.61 Å². The lowest BCUT2D eigenvalue weighted by Crippen LogP contribution is -2.39. The summed E-state index contributed by atoms with van der Waals surface area (Å²) in [6, 6.07) is 27.5. The van der Waals surface area contributed by atoms with E-state index in [1.54, 1.807) is 18.3 Å². The van der Waals surface area contributed by atoms with E-state index in [-0.39, 0.29) is 19.1 Å². The van der Waals surface area contributed by atoms with E-state index < -0.39 is 18.1 Å². The van der Waals surface area contributed by atoms with Crippen LogP contribution in [0, 0.1) is 0 Å². The molecule has 1 aromatic heterocycles. The van der Waals surface area contributed by atoms with Crippen LogP contribution in [-0.4, -0.2) is 33.7 Å². The number of carbonyl (C=O) groups is 2. The summed E-state index contributed by atoms with van der Waals surface area (Å²) < 4.78 is 5.83. The van der Waals surface area contributed by atoms with Gasteiger partial charge in [-0.05, 0) is 33.9 Å². The number of pyridine rings is 1. The zero-order valence-corrected chi connectivity index (χ0v) is 19.0. The number of carboxylic acid groups (broad SMARTS) is 1. The lowest BCUT2D eigenvalue weighted by atomic mass is 9.98. The summed E-state index contributed by atoms with van der Waals surface area (Å²) in [5, 5.41) is 10.1. The van der Waals surface area contributed by atoms with Crippen molar-refractivity contribution in [3.8, 4) is 11.1 Å². The Morgan fingerprint density at radius 2 is 1.49 bits per heavy atom. The Balaban J connectivity index is 1.44. The van der Waals surface area contributed by atoms with Gasteiger partial charge >= 0.3 is 12.1 Å². The Morgan fingerprint density at radius 1 is 0.857 bits per heavy atom. The molecule has 0 bridgehead atoms. The predicted octanol–water partition coefficient (Wildman–Crippen LogP) is 5.66. The smallest absolute Gasteiger partial charge is 0.411 e. The Labute approximate surface area is 203 Å². The van der Waals surface area contributed by atoms with E-state index in [4.69, 9.17) is 4.74 Å². The summed E-state index contributed by atoms with van der Waals surface area (Å²) in [5.41, 5.74) is 5.66. The van der Waals surface area contributed by atoms with Gasteiger partial charge in [-0.15, -0.1) is 0 Å². The van der Waals surface area contributed by atoms with Crippen LogP contribution in [0.5, 0.6) is 0 Å². The van der Waals surface area contributed by atoms with E-state index >= 15 is 0 Å². The highest BCUT2D eigenvalue weighted by molar-refractivity contribution is 5.82. The fourth-order valence-corrected chi connectivity index (χ4v) is 4.71. The molecule has 1 amide bonds. The Morgan fingerprint density at radius 3 is 2.09 bits per heavy atom. The maximum Gasteiger partial charge on any atom is 0.411 e. The second-order valence-corrected chi connectivity index (χ2v) is 8.44. The van der Waals surface area contributed by atoms with Gasteiger partial charge in [-0.3, -0.25) is 9.88 Å². The number of fused-ring (bicyclic) bond motifs is 3. The van der Waals surface area contributed by atoms with E-state index in [0.717, 1.165) is 27.8 Å². The molecule has 174 valence electrons. The minimum Gasteiger partial charge on any atom is -0.479 e. The second-order valence-electron chi connectivity index (χ2n) is 8.44. The van der Waals surface area contributed by atoms with Crippen LogP contribution in [0.3, 0.4) is 0 Å². The maximum absolute atomic E-state index is 13.5. The molecule has 1 unspecified atom stereocenters. The predicted molar refractivity (Wildman–Crippen MR) is 132 cm³/mol. The normalized spacial score (nSPS) is 12.9. The van der Waals surface area contributed by atoms with Crippen LogP contribution in [0.4, 0.5) is 4.79 Å². The number of ether oxygens (including phenoxy) is 1. The molecular formula is C29H24N2O4. The molecule has 4 aromatic rings. The van der Waals surface area contributed by atoms with E-state index in [0.29, 0.717) is 5.56 Å². The average Bonchev–Trinajstić information content (AvgIpc) is 3.21. The van der Waals surface area contributed by atoms with Gasteiger partial charge in [0, 0.05) is 23.9 Å². The molecule has 5 rings (SSSR count). The number of rotatable bonds is 7. The summed E-state index contributed by atoms with van der Waals surface area (Å²) in [6.07, 6.45) is 2.34. The molecule has 1 aliphatic rings. The number of nitrogens with zero attached hydrogens (tertiary/aromatic N) is 2. The number of hydrogen-bond acceptors (Lipinski definition) is 4. The van der Waals surface area contributed by atoms with Crippen LogP contribution in [0.15, 0.2) is 103 Å². The van der Waals surface area contributed by atoms with Crippen LogP contribution in [-0.2, 0) is 16.1 Å². The Kier molecular flexibility index (Phi) is 6.26. The zero-order chi connectivity index (χ0) is 24.2. The SMILES string of the molecule is O=C(O)C(c1cccnc1)N(Cc1ccccc1)C(=O)OCC1c2ccccc2-c2ccccc21. The molecule has 0 aliphatic heterocycles. The molecule has 6 nitrogen and oxygen atoms in total. The maximum atomic E-state index is 13.5. The van der Waals surface area contributed by atoms with Gasteiger partial charge in [0.05, 0.1) is 6.54 Å². The number of carboxylic acids is 1. The summed E-state index contributed by atoms with van der Waals surface area (Å²) >= 11 is 0. The van der Waals surface area contributed by atoms with Crippen LogP contribution in [0.25, 0.3) is 11.1 Å². The van der Waals surface area contributed by atoms with Crippen molar-refractivity contribution in [3.63, 3.8) is 0 Å². The fraction of sp³-hybridized carbons (Fsp3) is 0.138. The minimum atomic E-state index is -1.24. The van der Waals surface area contributed by atoms with Crippen molar-refractivity contribution in [3.05, 3.63) is 126 Å². The molecule has 0 spiro atoms. The van der Waals surface area contributed by atoms with Gasteiger partial charge < -0.3 is 9.84 Å². The third kappa shape index (κ3) is 4.51. The van der Waals surface area contributed by atoms with Gasteiger partial charge in [0.1, 0.15) is 6.61 Å². The third-order valence-corrected chi connectivity index (χ3v) is 6.31. The molecule has 0 saturated carbocycles. The molecule has 0 saturated heterocycles. The first-order chi connectivity index (χ1) is 17.1. The van der Waals surface area contributed by atoms with E-state index in [9.17, 15) is 14.7 Å². The van der Waals surface area contributed by atoms with E-state index in [2.05, 4.69) is 17.1 Å². The van der Waals surface area contributed by atoms with Gasteiger partial charge in [0.15, 0.2) is 6.04 Å². The van der Waals surface area contributed by atoms with Crippen molar-refractivity contribution in [2.24, 2.45) is 0 Å². The summed E-state index contributed by atoms with van der Waals surface area (Å²) in [5.74, 6) is -1.27. The first-order valence-electron chi connectivity index (χ1n) is 11.4. The molecule has 3 aromatic carbocycles. The second kappa shape index (κ2) is 9.81. The van der Waals surface area contributed by atoms with Crippen LogP contribution < -0.4 is 0 Å². The van der Waals surface area contributed by atoms with Crippen molar-refractivity contribution in [2.45, 2.75) is 18.5 Å². The average molecular weight is 465 g/mol. The molecule has 1 atom stereocenters. The van der Waals surface area contributed by atoms with Crippen LogP contribution in [0.1, 0.15) is 34.2 Å². The highest BCUT2D eigenvalue weighted by Crippen LogP contribution is 2.44. The molecule has 6 heteroatoms. The largest absolute Gasteiger partial charge is 0.479 e. The summed E-state index contributed by atoms with van der Waals surface area (Å²) in [4.78, 5) is 31.1. The van der Waals surface area contributed by atoms with Crippen molar-refractivity contribution in [1.29, 1.82) is 0 Å². The van der Waals surface area contributed by atoms with Gasteiger partial charge in [-0.25, -0.2) is 9.59 Å². The Hall–Kier alpha value is -4.45. The van der Waals surface area contributed by atoms with Gasteiger partial charge in [0.2, 0.25) is 0 Å². The highest BCUT2D eigenvalue weighted by atomic mass is 16.6. The van der Waals surface area contributed by atoms with Gasteiger partial charge in [-0.1, -0.05) is 84.9 Å². The third-order valence-electron chi connectivity index (χ3n) is 6.31. The molecule has 35 heavy (non-hydrogen) atoms. The molecule has 0 radical (unpaired) electrons. The fourth-order valence-electron chi connectivity index (χ4n) is 4.71. The standard InChI is InChI=1S/C29H24N2O4/c32-28(33)27(21-11-8-16-30-17-21)31(18-20-9-2-1-3-10-20)29(34)35-19-26-24-14-6-4-12-22(24)23-13-5-7-15-25(23)26/h1-17,26-27H,18-19H2,(H,32,33). The van der Waals surface area contributed by atoms with Crippen molar-refractivity contribution >= 4 is 12.1 Å². The quantitative estimate of drug-likeness (QED) is 0.382. The zero-order valence-electron chi connectivity index (χ0n) is 19.0. The van der Waals surface area contributed by atoms with Crippen LogP contribution >= 0.6 is 0 Å². The first kappa shape index (κ1) is 22.3. The number of benzene rings is 3. The number of aromatic nitrogens is 1. The van der Waals surface area contributed by atoms with Gasteiger partial charge in [0.25, 0.3) is 0 Å². The van der Waals surface area contributed by atoms with Crippen LogP contribution in [0.2, 0.25) is 0 Å².